The Labute approximate surface area is 182 Å². The van der Waals surface area contributed by atoms with Crippen molar-refractivity contribution in [2.75, 3.05) is 13.2 Å². The van der Waals surface area contributed by atoms with E-state index < -0.39 is 0 Å². The summed E-state index contributed by atoms with van der Waals surface area (Å²) in [6.07, 6.45) is 2.23. The zero-order valence-electron chi connectivity index (χ0n) is 17.2. The molecule has 1 atom stereocenters. The topological polar surface area (TPSA) is 57.4 Å². The molecule has 1 aliphatic heterocycles. The number of H-pyrrole nitrogens is 1. The van der Waals surface area contributed by atoms with Crippen LogP contribution in [0.2, 0.25) is 0 Å². The van der Waals surface area contributed by atoms with E-state index in [4.69, 9.17) is 17.0 Å². The number of pyridine rings is 1. The van der Waals surface area contributed by atoms with E-state index in [-0.39, 0.29) is 11.7 Å². The summed E-state index contributed by atoms with van der Waals surface area (Å²) in [5, 5.41) is 5.02. The fourth-order valence-corrected chi connectivity index (χ4v) is 4.10. The van der Waals surface area contributed by atoms with Crippen LogP contribution in [0.5, 0.6) is 0 Å². The van der Waals surface area contributed by atoms with Gasteiger partial charge in [-0.15, -0.1) is 0 Å². The smallest absolute Gasteiger partial charge is 0.253 e. The van der Waals surface area contributed by atoms with Gasteiger partial charge in [0.05, 0.1) is 18.2 Å². The molecule has 0 amide bonds. The van der Waals surface area contributed by atoms with Gasteiger partial charge in [-0.3, -0.25) is 4.79 Å². The van der Waals surface area contributed by atoms with Gasteiger partial charge < -0.3 is 19.9 Å². The van der Waals surface area contributed by atoms with Crippen LogP contribution in [-0.2, 0) is 17.8 Å². The van der Waals surface area contributed by atoms with Crippen molar-refractivity contribution in [3.8, 4) is 0 Å². The normalized spacial score (nSPS) is 16.0. The highest BCUT2D eigenvalue weighted by Crippen LogP contribution is 2.18. The van der Waals surface area contributed by atoms with Crippen LogP contribution in [0.3, 0.4) is 0 Å². The molecule has 30 heavy (non-hydrogen) atoms. The Morgan fingerprint density at radius 1 is 1.23 bits per heavy atom. The third-order valence-electron chi connectivity index (χ3n) is 5.55. The highest BCUT2D eigenvalue weighted by atomic mass is 32.1. The number of fused-ring (bicyclic) bond motifs is 1. The van der Waals surface area contributed by atoms with Crippen LogP contribution in [0.25, 0.3) is 10.9 Å². The summed E-state index contributed by atoms with van der Waals surface area (Å²) in [7, 11) is 0. The minimum Gasteiger partial charge on any atom is -0.376 e. The Morgan fingerprint density at radius 3 is 2.83 bits per heavy atom. The van der Waals surface area contributed by atoms with E-state index >= 15 is 0 Å². The van der Waals surface area contributed by atoms with Gasteiger partial charge in [-0.05, 0) is 54.6 Å². The van der Waals surface area contributed by atoms with E-state index in [1.54, 1.807) is 0 Å². The molecule has 2 N–H and O–H groups in total. The number of para-hydroxylation sites is 1. The Kier molecular flexibility index (Phi) is 6.45. The fourth-order valence-electron chi connectivity index (χ4n) is 3.89. The lowest BCUT2D eigenvalue weighted by Crippen LogP contribution is -2.43. The maximum atomic E-state index is 12.8. The van der Waals surface area contributed by atoms with Crippen LogP contribution in [0, 0.1) is 6.92 Å². The maximum Gasteiger partial charge on any atom is 0.253 e. The number of rotatable bonds is 6. The van der Waals surface area contributed by atoms with Gasteiger partial charge in [-0.1, -0.05) is 48.5 Å². The summed E-state index contributed by atoms with van der Waals surface area (Å²) in [5.41, 5.74) is 3.75. The number of hydrogen-bond acceptors (Lipinski definition) is 3. The molecule has 4 rings (SSSR count). The number of thiocarbonyl (C=S) groups is 1. The molecule has 2 heterocycles. The molecular weight excluding hydrogens is 394 g/mol. The summed E-state index contributed by atoms with van der Waals surface area (Å²) in [6.45, 7) is 4.56. The van der Waals surface area contributed by atoms with Crippen molar-refractivity contribution >= 4 is 28.2 Å². The van der Waals surface area contributed by atoms with Crippen molar-refractivity contribution in [2.24, 2.45) is 0 Å². The van der Waals surface area contributed by atoms with Crippen LogP contribution >= 0.6 is 12.2 Å². The molecule has 0 aliphatic carbocycles. The quantitative estimate of drug-likeness (QED) is 0.592. The molecule has 1 unspecified atom stereocenters. The Balaban J connectivity index is 1.54. The van der Waals surface area contributed by atoms with E-state index in [1.807, 2.05) is 49.4 Å². The number of ether oxygens (including phenoxy) is 1. The first-order valence-electron chi connectivity index (χ1n) is 10.4. The molecule has 1 aromatic heterocycles. The van der Waals surface area contributed by atoms with Crippen molar-refractivity contribution in [3.05, 3.63) is 81.6 Å². The zero-order chi connectivity index (χ0) is 20.9. The predicted molar refractivity (Wildman–Crippen MR) is 125 cm³/mol. The molecule has 1 fully saturated rings. The first kappa shape index (κ1) is 20.6. The summed E-state index contributed by atoms with van der Waals surface area (Å²) in [6, 6.07) is 18.2. The average molecular weight is 422 g/mol. The van der Waals surface area contributed by atoms with Crippen molar-refractivity contribution in [1.29, 1.82) is 0 Å². The van der Waals surface area contributed by atoms with Crippen molar-refractivity contribution in [3.63, 3.8) is 0 Å². The van der Waals surface area contributed by atoms with E-state index in [0.717, 1.165) is 41.5 Å². The highest BCUT2D eigenvalue weighted by molar-refractivity contribution is 7.80. The molecule has 0 saturated carbocycles. The van der Waals surface area contributed by atoms with Crippen LogP contribution < -0.4 is 10.9 Å². The van der Waals surface area contributed by atoms with Crippen LogP contribution in [0.4, 0.5) is 0 Å². The summed E-state index contributed by atoms with van der Waals surface area (Å²) in [5.74, 6) is 0. The lowest BCUT2D eigenvalue weighted by Gasteiger charge is -2.28. The second-order valence-electron chi connectivity index (χ2n) is 7.82. The maximum absolute atomic E-state index is 12.8. The Hall–Kier alpha value is -2.70. The van der Waals surface area contributed by atoms with Gasteiger partial charge in [0.15, 0.2) is 5.11 Å². The van der Waals surface area contributed by atoms with Gasteiger partial charge >= 0.3 is 0 Å². The second-order valence-corrected chi connectivity index (χ2v) is 8.21. The lowest BCUT2D eigenvalue weighted by molar-refractivity contribution is 0.0896. The molecule has 0 radical (unpaired) electrons. The van der Waals surface area contributed by atoms with Crippen LogP contribution in [0.1, 0.15) is 29.5 Å². The van der Waals surface area contributed by atoms with Crippen molar-refractivity contribution in [2.45, 2.75) is 39.0 Å². The monoisotopic (exact) mass is 421 g/mol. The third-order valence-corrected chi connectivity index (χ3v) is 5.95. The van der Waals surface area contributed by atoms with Crippen LogP contribution in [0.15, 0.2) is 59.4 Å². The first-order valence-corrected chi connectivity index (χ1v) is 10.8. The summed E-state index contributed by atoms with van der Waals surface area (Å²) < 4.78 is 5.84. The molecule has 3 aromatic rings. The molecule has 2 aromatic carbocycles. The van der Waals surface area contributed by atoms with Crippen LogP contribution in [-0.4, -0.2) is 34.3 Å². The van der Waals surface area contributed by atoms with Gasteiger partial charge in [0.25, 0.3) is 5.56 Å². The summed E-state index contributed by atoms with van der Waals surface area (Å²) >= 11 is 5.72. The Morgan fingerprint density at radius 2 is 2.07 bits per heavy atom. The molecule has 5 nitrogen and oxygen atoms in total. The number of aromatic amines is 1. The molecule has 0 bridgehead atoms. The molecule has 156 valence electrons. The standard InChI is InChI=1S/C24H27N3O2S/c1-17-7-5-10-19-13-20(23(28)26-22(17)19)15-27(16-21-11-6-12-29-21)24(30)25-14-18-8-3-2-4-9-18/h2-5,7-10,13,21H,6,11-12,14-16H2,1H3,(H,25,30)(H,26,28). The summed E-state index contributed by atoms with van der Waals surface area (Å²) in [4.78, 5) is 17.9. The second kappa shape index (κ2) is 9.41. The van der Waals surface area contributed by atoms with Gasteiger partial charge in [-0.25, -0.2) is 0 Å². The zero-order valence-corrected chi connectivity index (χ0v) is 18.0. The largest absolute Gasteiger partial charge is 0.376 e. The van der Waals surface area contributed by atoms with E-state index in [9.17, 15) is 4.79 Å². The SMILES string of the molecule is Cc1cccc2cc(CN(CC3CCCO3)C(=S)NCc3ccccc3)c(=O)[nH]c12. The van der Waals surface area contributed by atoms with E-state index in [0.29, 0.717) is 30.3 Å². The molecular formula is C24H27N3O2S. The number of nitrogens with one attached hydrogen (secondary N) is 2. The third kappa shape index (κ3) is 4.89. The number of hydrogen-bond donors (Lipinski definition) is 2. The fraction of sp³-hybridized carbons (Fsp3) is 0.333. The number of benzene rings is 2. The predicted octanol–water partition coefficient (Wildman–Crippen LogP) is 3.89. The van der Waals surface area contributed by atoms with Crippen molar-refractivity contribution in [1.82, 2.24) is 15.2 Å². The van der Waals surface area contributed by atoms with E-state index in [2.05, 4.69) is 27.3 Å². The minimum atomic E-state index is -0.0694. The average Bonchev–Trinajstić information content (AvgIpc) is 3.27. The number of aromatic nitrogens is 1. The van der Waals surface area contributed by atoms with Gasteiger partial charge in [0, 0.05) is 25.3 Å². The van der Waals surface area contributed by atoms with Gasteiger partial charge in [0.2, 0.25) is 0 Å². The minimum absolute atomic E-state index is 0.0694. The highest BCUT2D eigenvalue weighted by Gasteiger charge is 2.22. The molecule has 1 aliphatic rings. The first-order chi connectivity index (χ1) is 14.6. The molecule has 1 saturated heterocycles. The number of nitrogens with zero attached hydrogens (tertiary/aromatic N) is 1. The van der Waals surface area contributed by atoms with Gasteiger partial charge in [-0.2, -0.15) is 0 Å². The molecule has 0 spiro atoms. The number of aryl methyl sites for hydroxylation is 1. The van der Waals surface area contributed by atoms with Crippen molar-refractivity contribution < 1.29 is 4.74 Å². The van der Waals surface area contributed by atoms with E-state index in [1.165, 1.54) is 0 Å². The lowest BCUT2D eigenvalue weighted by atomic mass is 10.1. The van der Waals surface area contributed by atoms with Gasteiger partial charge in [0.1, 0.15) is 0 Å². The Bertz CT molecular complexity index is 1070. The molecule has 6 heteroatoms.